The fourth-order valence-corrected chi connectivity index (χ4v) is 9.27. The average molecular weight is 858 g/mol. The molecule has 1 saturated carbocycles. The summed E-state index contributed by atoms with van der Waals surface area (Å²) in [5.74, 6) is -3.94. The van der Waals surface area contributed by atoms with Crippen LogP contribution in [-0.2, 0) is 43.0 Å². The molecule has 10 atom stereocenters. The lowest BCUT2D eigenvalue weighted by atomic mass is 9.89. The molecule has 3 rings (SSSR count). The molecule has 15 nitrogen and oxygen atoms in total. The van der Waals surface area contributed by atoms with Gasteiger partial charge in [0.25, 0.3) is 0 Å². The number of hydrogen-bond donors (Lipinski definition) is 3. The monoisotopic (exact) mass is 858 g/mol. The van der Waals surface area contributed by atoms with Crippen molar-refractivity contribution in [1.82, 2.24) is 25.3 Å². The Morgan fingerprint density at radius 2 is 1.59 bits per heavy atom. The fraction of sp³-hybridized carbons (Fsp3) is 0.739. The topological polar surface area (TPSA) is 184 Å². The van der Waals surface area contributed by atoms with Gasteiger partial charge in [-0.2, -0.15) is 0 Å². The molecule has 4 amide bonds. The number of rotatable bonds is 25. The fourth-order valence-electron chi connectivity index (χ4n) is 9.27. The van der Waals surface area contributed by atoms with Crippen molar-refractivity contribution < 1.29 is 48.1 Å². The van der Waals surface area contributed by atoms with Crippen LogP contribution in [0, 0.1) is 23.7 Å². The number of carbonyl (C=O) groups excluding carboxylic acids is 5. The number of nitrogens with zero attached hydrogens (tertiary/aromatic N) is 3. The summed E-state index contributed by atoms with van der Waals surface area (Å²) in [7, 11) is 6.55. The number of carboxylic acids is 1. The Balaban J connectivity index is 1.79. The van der Waals surface area contributed by atoms with Crippen molar-refractivity contribution in [2.45, 2.75) is 148 Å². The Hall–Kier alpha value is -4.08. The van der Waals surface area contributed by atoms with Crippen LogP contribution in [0.3, 0.4) is 0 Å². The Labute approximate surface area is 364 Å². The van der Waals surface area contributed by atoms with Crippen LogP contribution in [0.5, 0.6) is 0 Å². The largest absolute Gasteiger partial charge is 0.481 e. The maximum Gasteiger partial charge on any atom is 0.332 e. The molecule has 2 fully saturated rings. The minimum absolute atomic E-state index is 0.00838. The number of likely N-dealkylation sites (tertiary alicyclic amines) is 1. The van der Waals surface area contributed by atoms with Crippen molar-refractivity contribution in [3.8, 4) is 0 Å². The number of aliphatic carboxylic acids is 1. The molecule has 0 radical (unpaired) electrons. The van der Waals surface area contributed by atoms with Gasteiger partial charge >= 0.3 is 11.9 Å². The first-order valence-electron chi connectivity index (χ1n) is 22.2. The van der Waals surface area contributed by atoms with E-state index in [2.05, 4.69) is 10.6 Å². The Morgan fingerprint density at radius 1 is 0.934 bits per heavy atom. The summed E-state index contributed by atoms with van der Waals surface area (Å²) < 4.78 is 17.5. The first-order valence-corrected chi connectivity index (χ1v) is 22.2. The van der Waals surface area contributed by atoms with Gasteiger partial charge in [0.05, 0.1) is 49.3 Å². The molecular weight excluding hydrogens is 783 g/mol. The molecule has 1 aliphatic carbocycles. The summed E-state index contributed by atoms with van der Waals surface area (Å²) in [6.45, 7) is 16.1. The van der Waals surface area contributed by atoms with Crippen molar-refractivity contribution >= 4 is 35.6 Å². The van der Waals surface area contributed by atoms with Gasteiger partial charge in [-0.3, -0.25) is 28.9 Å². The summed E-state index contributed by atoms with van der Waals surface area (Å²) in [5.41, 5.74) is -0.242. The number of nitrogens with one attached hydrogen (secondary N) is 2. The lowest BCUT2D eigenvalue weighted by Crippen LogP contribution is -2.60. The summed E-state index contributed by atoms with van der Waals surface area (Å²) >= 11 is 0. The number of carbonyl (C=O) groups is 6. The second-order valence-corrected chi connectivity index (χ2v) is 17.8. The highest BCUT2D eigenvalue weighted by molar-refractivity contribution is 5.94. The molecule has 0 aromatic heterocycles. The number of benzene rings is 1. The molecule has 3 N–H and O–H groups in total. The molecule has 1 unspecified atom stereocenters. The quantitative estimate of drug-likeness (QED) is 0.118. The third kappa shape index (κ3) is 12.8. The van der Waals surface area contributed by atoms with E-state index in [9.17, 15) is 28.8 Å². The molecule has 1 aromatic carbocycles. The highest BCUT2D eigenvalue weighted by Gasteiger charge is 2.63. The Kier molecular flexibility index (Phi) is 19.7. The number of carboxylic acid groups (broad SMARTS) is 1. The summed E-state index contributed by atoms with van der Waals surface area (Å²) in [6.07, 6.45) is 1.42. The maximum absolute atomic E-state index is 14.5. The minimum atomic E-state index is -1.18. The van der Waals surface area contributed by atoms with Gasteiger partial charge in [-0.1, -0.05) is 85.2 Å². The first-order chi connectivity index (χ1) is 28.8. The van der Waals surface area contributed by atoms with Gasteiger partial charge in [0, 0.05) is 40.2 Å². The van der Waals surface area contributed by atoms with Crippen molar-refractivity contribution in [2.75, 3.05) is 48.0 Å². The second-order valence-electron chi connectivity index (χ2n) is 17.8. The van der Waals surface area contributed by atoms with E-state index < -0.39 is 59.8 Å². The van der Waals surface area contributed by atoms with Crippen molar-refractivity contribution in [2.24, 2.45) is 23.7 Å². The van der Waals surface area contributed by atoms with Crippen LogP contribution in [0.2, 0.25) is 0 Å². The molecule has 344 valence electrons. The molecular formula is C46H75N5O10. The Morgan fingerprint density at radius 3 is 2.13 bits per heavy atom. The molecule has 1 aliphatic heterocycles. The van der Waals surface area contributed by atoms with Crippen molar-refractivity contribution in [3.05, 3.63) is 35.9 Å². The van der Waals surface area contributed by atoms with Gasteiger partial charge in [-0.05, 0) is 69.5 Å². The summed E-state index contributed by atoms with van der Waals surface area (Å²) in [5, 5.41) is 15.2. The number of ether oxygens (including phenoxy) is 3. The molecule has 0 spiro atoms. The Bertz CT molecular complexity index is 1630. The normalized spacial score (nSPS) is 22.2. The third-order valence-corrected chi connectivity index (χ3v) is 12.9. The van der Waals surface area contributed by atoms with E-state index in [0.29, 0.717) is 45.2 Å². The zero-order valence-corrected chi connectivity index (χ0v) is 38.8. The molecule has 2 aliphatic rings. The van der Waals surface area contributed by atoms with E-state index in [-0.39, 0.29) is 66.7 Å². The van der Waals surface area contributed by atoms with Crippen LogP contribution >= 0.6 is 0 Å². The third-order valence-electron chi connectivity index (χ3n) is 12.9. The van der Waals surface area contributed by atoms with Crippen molar-refractivity contribution in [1.29, 1.82) is 0 Å². The van der Waals surface area contributed by atoms with Gasteiger partial charge in [0.15, 0.2) is 0 Å². The predicted molar refractivity (Wildman–Crippen MR) is 232 cm³/mol. The minimum Gasteiger partial charge on any atom is -0.481 e. The van der Waals surface area contributed by atoms with Crippen LogP contribution in [0.25, 0.3) is 0 Å². The summed E-state index contributed by atoms with van der Waals surface area (Å²) in [6, 6.07) is 7.18. The van der Waals surface area contributed by atoms with Crippen LogP contribution in [-0.4, -0.2) is 145 Å². The van der Waals surface area contributed by atoms with Gasteiger partial charge in [-0.15, -0.1) is 0 Å². The number of methoxy groups -OCH3 is 2. The van der Waals surface area contributed by atoms with E-state index in [1.165, 1.54) is 14.2 Å². The number of hydrogen-bond acceptors (Lipinski definition) is 10. The number of esters is 1. The van der Waals surface area contributed by atoms with Crippen molar-refractivity contribution in [3.63, 3.8) is 0 Å². The van der Waals surface area contributed by atoms with Gasteiger partial charge in [0.1, 0.15) is 11.6 Å². The lowest BCUT2D eigenvalue weighted by Gasteiger charge is -2.41. The second kappa shape index (κ2) is 23.4. The van der Waals surface area contributed by atoms with E-state index in [0.717, 1.165) is 5.56 Å². The van der Waals surface area contributed by atoms with Crippen LogP contribution in [0.15, 0.2) is 30.3 Å². The van der Waals surface area contributed by atoms with E-state index in [1.54, 1.807) is 37.7 Å². The highest BCUT2D eigenvalue weighted by atomic mass is 16.5. The van der Waals surface area contributed by atoms with E-state index >= 15 is 0 Å². The lowest BCUT2D eigenvalue weighted by molar-refractivity contribution is -0.151. The molecule has 0 bridgehead atoms. The van der Waals surface area contributed by atoms with Crippen LogP contribution in [0.1, 0.15) is 112 Å². The SMILES string of the molecule is CCOC(=O)[C@]1(NC(=O)[C@H](C)[C@@H](OC)[C@@H]2CCCN2C(=O)C[C@@H](OC)C([C@@H](C)CC)N(C)C(=O)[C@@H](NC(=O)[C@H](C(C)C)N(C)CCCC(=O)O)C(C)C)C[C@@H]1c1ccccc1. The van der Waals surface area contributed by atoms with E-state index in [1.807, 2.05) is 76.8 Å². The molecule has 61 heavy (non-hydrogen) atoms. The summed E-state index contributed by atoms with van der Waals surface area (Å²) in [4.78, 5) is 86.3. The first kappa shape index (κ1) is 51.3. The predicted octanol–water partition coefficient (Wildman–Crippen LogP) is 4.47. The zero-order valence-electron chi connectivity index (χ0n) is 38.8. The zero-order chi connectivity index (χ0) is 45.8. The number of likely N-dealkylation sites (N-methyl/N-ethyl adjacent to an activating group) is 2. The standard InChI is InChI=1S/C46H75N5O10/c1-13-30(7)40(50(10)44(57)38(28(3)4)47-43(56)39(29(5)6)49(9)24-19-23-37(53)54)35(59-11)26-36(52)51-25-18-22-34(51)41(60-12)31(8)42(55)48-46(45(58)61-14-2)27-33(46)32-20-16-15-17-21-32/h15-17,20-21,28-31,33-35,38-41H,13-14,18-19,22-27H2,1-12H3,(H,47,56)(H,48,55)(H,53,54)/t30-,31+,33+,34-,35+,38-,39-,40?,41+,46-/m0/s1. The number of amides is 4. The average Bonchev–Trinajstić information content (AvgIpc) is 3.74. The van der Waals surface area contributed by atoms with E-state index in [4.69, 9.17) is 19.3 Å². The van der Waals surface area contributed by atoms with Gasteiger partial charge in [0.2, 0.25) is 23.6 Å². The van der Waals surface area contributed by atoms with Gasteiger partial charge in [-0.25, -0.2) is 4.79 Å². The van der Waals surface area contributed by atoms with Crippen LogP contribution in [0.4, 0.5) is 0 Å². The van der Waals surface area contributed by atoms with Gasteiger partial charge < -0.3 is 39.8 Å². The molecule has 1 aromatic rings. The molecule has 15 heteroatoms. The van der Waals surface area contributed by atoms with Crippen LogP contribution < -0.4 is 10.6 Å². The highest BCUT2D eigenvalue weighted by Crippen LogP contribution is 2.52. The smallest absolute Gasteiger partial charge is 0.332 e. The molecule has 1 heterocycles. The molecule has 1 saturated heterocycles. The maximum atomic E-state index is 14.5.